The van der Waals surface area contributed by atoms with Gasteiger partial charge in [0, 0.05) is 19.1 Å². The van der Waals surface area contributed by atoms with Crippen molar-refractivity contribution in [3.63, 3.8) is 0 Å². The van der Waals surface area contributed by atoms with Gasteiger partial charge in [-0.25, -0.2) is 13.6 Å². The van der Waals surface area contributed by atoms with E-state index >= 15 is 0 Å². The topological polar surface area (TPSA) is 53.6 Å². The number of rotatable bonds is 5. The van der Waals surface area contributed by atoms with Crippen LogP contribution < -0.4 is 15.4 Å². The van der Waals surface area contributed by atoms with Gasteiger partial charge in [0.15, 0.2) is 5.75 Å². The van der Waals surface area contributed by atoms with Gasteiger partial charge in [-0.2, -0.15) is 0 Å². The maximum Gasteiger partial charge on any atom is 0.319 e. The maximum atomic E-state index is 12.3. The molecule has 0 aromatic heterocycles. The minimum absolute atomic E-state index is 0.0332. The van der Waals surface area contributed by atoms with Gasteiger partial charge in [-0.05, 0) is 25.0 Å². The van der Waals surface area contributed by atoms with E-state index < -0.39 is 6.43 Å². The highest BCUT2D eigenvalue weighted by molar-refractivity contribution is 6.32. The Balaban J connectivity index is 1.83. The molecule has 128 valence electrons. The summed E-state index contributed by atoms with van der Waals surface area (Å²) in [6.07, 6.45) is -1.03. The summed E-state index contributed by atoms with van der Waals surface area (Å²) in [5, 5.41) is 5.96. The molecule has 1 aliphatic heterocycles. The van der Waals surface area contributed by atoms with Gasteiger partial charge in [-0.1, -0.05) is 17.7 Å². The lowest BCUT2D eigenvalue weighted by atomic mass is 10.1. The summed E-state index contributed by atoms with van der Waals surface area (Å²) in [6.45, 7) is 0.893. The number of likely N-dealkylation sites (tertiary alicyclic amines) is 1. The molecule has 2 amide bonds. The number of anilines is 1. The summed E-state index contributed by atoms with van der Waals surface area (Å²) in [4.78, 5) is 13.8. The second kappa shape index (κ2) is 8.31. The predicted molar refractivity (Wildman–Crippen MR) is 85.6 cm³/mol. The van der Waals surface area contributed by atoms with Gasteiger partial charge in [0.2, 0.25) is 0 Å². The molecule has 0 unspecified atom stereocenters. The number of benzene rings is 1. The minimum Gasteiger partial charge on any atom is -0.493 e. The Hall–Kier alpha value is -1.60. The van der Waals surface area contributed by atoms with E-state index in [0.717, 1.165) is 0 Å². The van der Waals surface area contributed by atoms with E-state index in [4.69, 9.17) is 16.3 Å². The molecule has 0 bridgehead atoms. The van der Waals surface area contributed by atoms with E-state index in [9.17, 15) is 13.6 Å². The SMILES string of the molecule is COc1c(Cl)cccc1NC(=O)NC1CCN(CC(F)F)CC1. The Labute approximate surface area is 138 Å². The normalized spacial score (nSPS) is 16.4. The molecule has 1 heterocycles. The fourth-order valence-corrected chi connectivity index (χ4v) is 2.87. The van der Waals surface area contributed by atoms with Crippen molar-refractivity contribution in [2.75, 3.05) is 32.1 Å². The van der Waals surface area contributed by atoms with E-state index in [1.54, 1.807) is 23.1 Å². The third kappa shape index (κ3) is 5.21. The summed E-state index contributed by atoms with van der Waals surface area (Å²) in [6, 6.07) is 4.67. The van der Waals surface area contributed by atoms with Crippen LogP contribution in [0.25, 0.3) is 0 Å². The molecule has 2 N–H and O–H groups in total. The van der Waals surface area contributed by atoms with Gasteiger partial charge >= 0.3 is 6.03 Å². The molecule has 0 radical (unpaired) electrons. The van der Waals surface area contributed by atoms with Crippen molar-refractivity contribution in [3.8, 4) is 5.75 Å². The molecule has 2 rings (SSSR count). The third-order valence-electron chi connectivity index (χ3n) is 3.74. The van der Waals surface area contributed by atoms with Crippen LogP contribution in [0, 0.1) is 0 Å². The highest BCUT2D eigenvalue weighted by Crippen LogP contribution is 2.32. The zero-order chi connectivity index (χ0) is 16.8. The molecule has 1 aromatic carbocycles. The average Bonchev–Trinajstić information content (AvgIpc) is 2.49. The summed E-state index contributed by atoms with van der Waals surface area (Å²) in [5.74, 6) is 0.399. The van der Waals surface area contributed by atoms with Crippen molar-refractivity contribution in [3.05, 3.63) is 23.2 Å². The Morgan fingerprint density at radius 1 is 1.43 bits per heavy atom. The number of methoxy groups -OCH3 is 1. The lowest BCUT2D eigenvalue weighted by Gasteiger charge is -2.32. The number of nitrogens with zero attached hydrogens (tertiary/aromatic N) is 1. The lowest BCUT2D eigenvalue weighted by Crippen LogP contribution is -2.46. The predicted octanol–water partition coefficient (Wildman–Crippen LogP) is 3.20. The molecular formula is C15H20ClF2N3O2. The van der Waals surface area contributed by atoms with Gasteiger partial charge < -0.3 is 15.4 Å². The van der Waals surface area contributed by atoms with Gasteiger partial charge in [0.1, 0.15) is 0 Å². The molecule has 1 fully saturated rings. The largest absolute Gasteiger partial charge is 0.493 e. The first-order chi connectivity index (χ1) is 11.0. The van der Waals surface area contributed by atoms with Crippen molar-refractivity contribution < 1.29 is 18.3 Å². The second-order valence-corrected chi connectivity index (χ2v) is 5.79. The highest BCUT2D eigenvalue weighted by atomic mass is 35.5. The number of piperidine rings is 1. The van der Waals surface area contributed by atoms with Crippen LogP contribution in [-0.2, 0) is 0 Å². The fraction of sp³-hybridized carbons (Fsp3) is 0.533. The first-order valence-corrected chi connectivity index (χ1v) is 7.78. The van der Waals surface area contributed by atoms with Crippen molar-refractivity contribution in [1.82, 2.24) is 10.2 Å². The summed E-state index contributed by atoms with van der Waals surface area (Å²) >= 11 is 6.00. The number of carbonyl (C=O) groups excluding carboxylic acids is 1. The Kier molecular flexibility index (Phi) is 6.41. The zero-order valence-corrected chi connectivity index (χ0v) is 13.6. The minimum atomic E-state index is -2.32. The second-order valence-electron chi connectivity index (χ2n) is 5.39. The molecular weight excluding hydrogens is 328 g/mol. The van der Waals surface area contributed by atoms with Crippen molar-refractivity contribution in [2.45, 2.75) is 25.3 Å². The monoisotopic (exact) mass is 347 g/mol. The zero-order valence-electron chi connectivity index (χ0n) is 12.8. The first kappa shape index (κ1) is 17.7. The summed E-state index contributed by atoms with van der Waals surface area (Å²) in [5.41, 5.74) is 0.479. The number of carbonyl (C=O) groups is 1. The number of hydrogen-bond acceptors (Lipinski definition) is 3. The van der Waals surface area contributed by atoms with Crippen LogP contribution >= 0.6 is 11.6 Å². The van der Waals surface area contributed by atoms with E-state index in [1.165, 1.54) is 7.11 Å². The quantitative estimate of drug-likeness (QED) is 0.860. The van der Waals surface area contributed by atoms with Gasteiger partial charge in [0.05, 0.1) is 24.4 Å². The molecule has 0 atom stereocenters. The average molecular weight is 348 g/mol. The van der Waals surface area contributed by atoms with Gasteiger partial charge in [-0.3, -0.25) is 4.90 Å². The van der Waals surface area contributed by atoms with Gasteiger partial charge in [0.25, 0.3) is 6.43 Å². The van der Waals surface area contributed by atoms with E-state index in [1.807, 2.05) is 0 Å². The highest BCUT2D eigenvalue weighted by Gasteiger charge is 2.22. The van der Waals surface area contributed by atoms with Crippen LogP contribution in [0.3, 0.4) is 0 Å². The third-order valence-corrected chi connectivity index (χ3v) is 4.04. The van der Waals surface area contributed by atoms with E-state index in [-0.39, 0.29) is 18.6 Å². The molecule has 23 heavy (non-hydrogen) atoms. The number of urea groups is 1. The number of hydrogen-bond donors (Lipinski definition) is 2. The number of nitrogens with one attached hydrogen (secondary N) is 2. The number of amides is 2. The molecule has 0 spiro atoms. The molecule has 0 aliphatic carbocycles. The standard InChI is InChI=1S/C15H20ClF2N3O2/c1-23-14-11(16)3-2-4-12(14)20-15(22)19-10-5-7-21(8-6-10)9-13(17)18/h2-4,10,13H,5-9H2,1H3,(H2,19,20,22). The van der Waals surface area contributed by atoms with Gasteiger partial charge in [-0.15, -0.1) is 0 Å². The first-order valence-electron chi connectivity index (χ1n) is 7.40. The smallest absolute Gasteiger partial charge is 0.319 e. The Bertz CT molecular complexity index is 537. The molecule has 1 aromatic rings. The van der Waals surface area contributed by atoms with Crippen molar-refractivity contribution in [1.29, 1.82) is 0 Å². The van der Waals surface area contributed by atoms with Crippen LogP contribution in [-0.4, -0.2) is 50.1 Å². The fourth-order valence-electron chi connectivity index (χ4n) is 2.61. The van der Waals surface area contributed by atoms with Crippen LogP contribution in [0.4, 0.5) is 19.3 Å². The summed E-state index contributed by atoms with van der Waals surface area (Å²) in [7, 11) is 1.48. The van der Waals surface area contributed by atoms with Crippen molar-refractivity contribution in [2.24, 2.45) is 0 Å². The maximum absolute atomic E-state index is 12.3. The molecule has 1 aliphatic rings. The summed E-state index contributed by atoms with van der Waals surface area (Å²) < 4.78 is 29.8. The molecule has 1 saturated heterocycles. The number of alkyl halides is 2. The number of halogens is 3. The molecule has 8 heteroatoms. The number of ether oxygens (including phenoxy) is 1. The Morgan fingerprint density at radius 2 is 2.13 bits per heavy atom. The Morgan fingerprint density at radius 3 is 2.74 bits per heavy atom. The van der Waals surface area contributed by atoms with Crippen LogP contribution in [0.2, 0.25) is 5.02 Å². The van der Waals surface area contributed by atoms with Crippen LogP contribution in [0.15, 0.2) is 18.2 Å². The molecule has 0 saturated carbocycles. The lowest BCUT2D eigenvalue weighted by molar-refractivity contribution is 0.0739. The van der Waals surface area contributed by atoms with E-state index in [2.05, 4.69) is 10.6 Å². The van der Waals surface area contributed by atoms with E-state index in [0.29, 0.717) is 42.4 Å². The molecule has 5 nitrogen and oxygen atoms in total. The van der Waals surface area contributed by atoms with Crippen molar-refractivity contribution >= 4 is 23.3 Å². The van der Waals surface area contributed by atoms with Crippen LogP contribution in [0.5, 0.6) is 5.75 Å². The van der Waals surface area contributed by atoms with Crippen LogP contribution in [0.1, 0.15) is 12.8 Å². The number of para-hydroxylation sites is 1.